The van der Waals surface area contributed by atoms with Crippen molar-refractivity contribution in [3.05, 3.63) is 70.7 Å². The first-order chi connectivity index (χ1) is 13.5. The third kappa shape index (κ3) is 3.30. The fraction of sp³-hybridized carbons (Fsp3) is 0.100. The van der Waals surface area contributed by atoms with Gasteiger partial charge in [0.2, 0.25) is 11.7 Å². The number of aromatic nitrogens is 3. The Labute approximate surface area is 164 Å². The van der Waals surface area contributed by atoms with Crippen LogP contribution in [0.3, 0.4) is 0 Å². The molecule has 140 valence electrons. The molecule has 0 saturated carbocycles. The number of thiophene rings is 1. The highest BCUT2D eigenvalue weighted by Gasteiger charge is 2.18. The SMILES string of the molecule is C[C@H](N)C(=O)Nc1cccc(-c2ccnc3c(C(=O)c4cccs4)cnn23)c1. The number of nitrogens with two attached hydrogens (primary N) is 1. The molecule has 3 aromatic heterocycles. The van der Waals surface area contributed by atoms with Crippen LogP contribution in [0, 0.1) is 0 Å². The number of benzene rings is 1. The molecule has 0 saturated heterocycles. The van der Waals surface area contributed by atoms with Crippen molar-refractivity contribution in [3.8, 4) is 11.3 Å². The molecule has 1 aromatic carbocycles. The first-order valence-corrected chi connectivity index (χ1v) is 9.50. The van der Waals surface area contributed by atoms with Crippen molar-refractivity contribution >= 4 is 34.4 Å². The highest BCUT2D eigenvalue weighted by molar-refractivity contribution is 7.12. The normalized spacial score (nSPS) is 12.1. The predicted octanol–water partition coefficient (Wildman–Crippen LogP) is 2.97. The molecule has 7 nitrogen and oxygen atoms in total. The number of amides is 1. The minimum atomic E-state index is -0.603. The number of anilines is 1. The van der Waals surface area contributed by atoms with Gasteiger partial charge in [0.25, 0.3) is 0 Å². The number of nitrogens with zero attached hydrogens (tertiary/aromatic N) is 3. The van der Waals surface area contributed by atoms with Crippen molar-refractivity contribution in [3.63, 3.8) is 0 Å². The number of fused-ring (bicyclic) bond motifs is 1. The molecule has 0 bridgehead atoms. The van der Waals surface area contributed by atoms with E-state index in [1.54, 1.807) is 29.8 Å². The molecular weight excluding hydrogens is 374 g/mol. The van der Waals surface area contributed by atoms with Crippen LogP contribution < -0.4 is 11.1 Å². The molecule has 4 aromatic rings. The molecule has 0 aliphatic rings. The maximum atomic E-state index is 12.7. The number of rotatable bonds is 5. The molecule has 3 N–H and O–H groups in total. The van der Waals surface area contributed by atoms with Crippen LogP contribution in [0.25, 0.3) is 16.9 Å². The summed E-state index contributed by atoms with van der Waals surface area (Å²) in [6, 6.07) is 12.2. The molecule has 0 spiro atoms. The van der Waals surface area contributed by atoms with Crippen molar-refractivity contribution in [1.82, 2.24) is 14.6 Å². The molecule has 0 aliphatic heterocycles. The zero-order chi connectivity index (χ0) is 19.7. The quantitative estimate of drug-likeness (QED) is 0.509. The monoisotopic (exact) mass is 391 g/mol. The van der Waals surface area contributed by atoms with E-state index in [1.807, 2.05) is 35.7 Å². The highest BCUT2D eigenvalue weighted by Crippen LogP contribution is 2.25. The van der Waals surface area contributed by atoms with Crippen molar-refractivity contribution in [2.75, 3.05) is 5.32 Å². The summed E-state index contributed by atoms with van der Waals surface area (Å²) in [5, 5.41) is 9.02. The molecule has 0 fully saturated rings. The summed E-state index contributed by atoms with van der Waals surface area (Å²) in [5.41, 5.74) is 8.76. The summed E-state index contributed by atoms with van der Waals surface area (Å²) in [7, 11) is 0. The van der Waals surface area contributed by atoms with Gasteiger partial charge in [0, 0.05) is 17.4 Å². The van der Waals surface area contributed by atoms with Gasteiger partial charge in [0.05, 0.1) is 28.4 Å². The Morgan fingerprint density at radius 3 is 2.82 bits per heavy atom. The van der Waals surface area contributed by atoms with E-state index >= 15 is 0 Å². The van der Waals surface area contributed by atoms with Gasteiger partial charge in [-0.25, -0.2) is 9.50 Å². The largest absolute Gasteiger partial charge is 0.325 e. The zero-order valence-electron chi connectivity index (χ0n) is 15.0. The summed E-state index contributed by atoms with van der Waals surface area (Å²) in [6.45, 7) is 1.63. The minimum absolute atomic E-state index is 0.104. The summed E-state index contributed by atoms with van der Waals surface area (Å²) >= 11 is 1.38. The highest BCUT2D eigenvalue weighted by atomic mass is 32.1. The fourth-order valence-electron chi connectivity index (χ4n) is 2.82. The van der Waals surface area contributed by atoms with E-state index in [9.17, 15) is 9.59 Å². The standard InChI is InChI=1S/C20H17N5O2S/c1-12(21)20(27)24-14-5-2-4-13(10-14)16-7-8-22-19-15(11-23-25(16)19)18(26)17-6-3-9-28-17/h2-12H,21H2,1H3,(H,24,27)/t12-/m0/s1. The second-order valence-corrected chi connectivity index (χ2v) is 7.24. The van der Waals surface area contributed by atoms with Gasteiger partial charge in [-0.2, -0.15) is 5.10 Å². The predicted molar refractivity (Wildman–Crippen MR) is 108 cm³/mol. The van der Waals surface area contributed by atoms with E-state index in [2.05, 4.69) is 15.4 Å². The first-order valence-electron chi connectivity index (χ1n) is 8.62. The Kier molecular flexibility index (Phi) is 4.72. The Morgan fingerprint density at radius 1 is 1.21 bits per heavy atom. The van der Waals surface area contributed by atoms with E-state index in [0.29, 0.717) is 21.8 Å². The topological polar surface area (TPSA) is 102 Å². The molecule has 28 heavy (non-hydrogen) atoms. The third-order valence-electron chi connectivity index (χ3n) is 4.23. The first kappa shape index (κ1) is 18.0. The van der Waals surface area contributed by atoms with Crippen molar-refractivity contribution < 1.29 is 9.59 Å². The van der Waals surface area contributed by atoms with Gasteiger partial charge in [0.15, 0.2) is 5.65 Å². The number of carbonyl (C=O) groups is 2. The van der Waals surface area contributed by atoms with Gasteiger partial charge in [-0.3, -0.25) is 9.59 Å². The number of carbonyl (C=O) groups excluding carboxylic acids is 2. The molecule has 1 amide bonds. The summed E-state index contributed by atoms with van der Waals surface area (Å²) in [4.78, 5) is 29.6. The molecular formula is C20H17N5O2S. The fourth-order valence-corrected chi connectivity index (χ4v) is 3.50. The zero-order valence-corrected chi connectivity index (χ0v) is 15.8. The Bertz CT molecular complexity index is 1160. The van der Waals surface area contributed by atoms with Gasteiger partial charge in [-0.15, -0.1) is 11.3 Å². The number of ketones is 1. The smallest absolute Gasteiger partial charge is 0.240 e. The summed E-state index contributed by atoms with van der Waals surface area (Å²) in [5.74, 6) is -0.368. The number of hydrogen-bond donors (Lipinski definition) is 2. The van der Waals surface area contributed by atoms with E-state index in [4.69, 9.17) is 5.73 Å². The lowest BCUT2D eigenvalue weighted by atomic mass is 10.1. The van der Waals surface area contributed by atoms with Gasteiger partial charge in [-0.05, 0) is 36.6 Å². The van der Waals surface area contributed by atoms with Crippen molar-refractivity contribution in [1.29, 1.82) is 0 Å². The molecule has 0 radical (unpaired) electrons. The summed E-state index contributed by atoms with van der Waals surface area (Å²) in [6.07, 6.45) is 3.18. The van der Waals surface area contributed by atoms with Gasteiger partial charge in [-0.1, -0.05) is 18.2 Å². The average molecular weight is 391 g/mol. The van der Waals surface area contributed by atoms with Crippen LogP contribution in [0.15, 0.2) is 60.2 Å². The molecule has 8 heteroatoms. The van der Waals surface area contributed by atoms with Crippen LogP contribution in [-0.2, 0) is 4.79 Å². The maximum absolute atomic E-state index is 12.7. The van der Waals surface area contributed by atoms with Gasteiger partial charge in [0.1, 0.15) is 0 Å². The van der Waals surface area contributed by atoms with Crippen LogP contribution in [0.2, 0.25) is 0 Å². The Morgan fingerprint density at radius 2 is 2.07 bits per heavy atom. The van der Waals surface area contributed by atoms with Gasteiger partial charge < -0.3 is 11.1 Å². The second-order valence-electron chi connectivity index (χ2n) is 6.29. The lowest BCUT2D eigenvalue weighted by Gasteiger charge is -2.10. The number of hydrogen-bond acceptors (Lipinski definition) is 6. The van der Waals surface area contributed by atoms with Crippen LogP contribution in [0.5, 0.6) is 0 Å². The van der Waals surface area contributed by atoms with E-state index in [1.165, 1.54) is 17.5 Å². The molecule has 0 unspecified atom stereocenters. The van der Waals surface area contributed by atoms with Crippen LogP contribution >= 0.6 is 11.3 Å². The lowest BCUT2D eigenvalue weighted by molar-refractivity contribution is -0.117. The summed E-state index contributed by atoms with van der Waals surface area (Å²) < 4.78 is 1.63. The van der Waals surface area contributed by atoms with Crippen LogP contribution in [-0.4, -0.2) is 32.3 Å². The Hall–Kier alpha value is -3.36. The molecule has 0 aliphatic carbocycles. The lowest BCUT2D eigenvalue weighted by Crippen LogP contribution is -2.32. The van der Waals surface area contributed by atoms with Crippen LogP contribution in [0.4, 0.5) is 5.69 Å². The molecule has 1 atom stereocenters. The molecule has 3 heterocycles. The van der Waals surface area contributed by atoms with Gasteiger partial charge >= 0.3 is 0 Å². The second kappa shape index (κ2) is 7.34. The van der Waals surface area contributed by atoms with E-state index in [0.717, 1.165) is 11.3 Å². The molecule has 4 rings (SSSR count). The van der Waals surface area contributed by atoms with E-state index < -0.39 is 6.04 Å². The van der Waals surface area contributed by atoms with E-state index in [-0.39, 0.29) is 11.7 Å². The minimum Gasteiger partial charge on any atom is -0.325 e. The maximum Gasteiger partial charge on any atom is 0.240 e. The van der Waals surface area contributed by atoms with Crippen molar-refractivity contribution in [2.24, 2.45) is 5.73 Å². The average Bonchev–Trinajstić information content (AvgIpc) is 3.37. The van der Waals surface area contributed by atoms with Crippen molar-refractivity contribution in [2.45, 2.75) is 13.0 Å². The third-order valence-corrected chi connectivity index (χ3v) is 5.10. The van der Waals surface area contributed by atoms with Crippen LogP contribution in [0.1, 0.15) is 22.2 Å². The Balaban J connectivity index is 1.74. The number of nitrogens with one attached hydrogen (secondary N) is 1.